The lowest BCUT2D eigenvalue weighted by molar-refractivity contribution is -0.132. The quantitative estimate of drug-likeness (QED) is 0.202. The van der Waals surface area contributed by atoms with Gasteiger partial charge in [-0.2, -0.15) is 0 Å². The molecule has 0 spiro atoms. The Hall–Kier alpha value is -3.75. The zero-order valence-corrected chi connectivity index (χ0v) is 20.4. The number of nitrogens with zero attached hydrogens (tertiary/aromatic N) is 2. The second-order valence-electron chi connectivity index (χ2n) is 8.78. The number of anilines is 1. The molecule has 36 heavy (non-hydrogen) atoms. The molecule has 2 atom stereocenters. The monoisotopic (exact) mass is 520 g/mol. The van der Waals surface area contributed by atoms with Gasteiger partial charge in [0.1, 0.15) is 23.4 Å². The number of amides is 1. The molecule has 1 aromatic heterocycles. The van der Waals surface area contributed by atoms with Gasteiger partial charge in [0.2, 0.25) is 0 Å². The molecule has 1 saturated heterocycles. The van der Waals surface area contributed by atoms with Crippen molar-refractivity contribution in [1.29, 1.82) is 0 Å². The zero-order valence-electron chi connectivity index (χ0n) is 18.9. The Morgan fingerprint density at radius 2 is 1.92 bits per heavy atom. The van der Waals surface area contributed by atoms with Crippen LogP contribution in [0, 0.1) is 5.82 Å². The fourth-order valence-electron chi connectivity index (χ4n) is 4.70. The van der Waals surface area contributed by atoms with Crippen LogP contribution in [0.15, 0.2) is 66.2 Å². The first kappa shape index (κ1) is 22.7. The van der Waals surface area contributed by atoms with Crippen molar-refractivity contribution in [2.75, 3.05) is 4.90 Å². The highest BCUT2D eigenvalue weighted by Gasteiger charge is 2.48. The summed E-state index contributed by atoms with van der Waals surface area (Å²) < 4.78 is 20.1. The average Bonchev–Trinajstić information content (AvgIpc) is 3.51. The summed E-state index contributed by atoms with van der Waals surface area (Å²) in [5, 5.41) is 12.1. The van der Waals surface area contributed by atoms with E-state index >= 15 is 0 Å². The highest BCUT2D eigenvalue weighted by Crippen LogP contribution is 2.45. The molecule has 2 aliphatic heterocycles. The van der Waals surface area contributed by atoms with Crippen LogP contribution in [0.1, 0.15) is 29.7 Å². The fraction of sp³-hybridized carbons (Fsp3) is 0.148. The van der Waals surface area contributed by atoms with Crippen molar-refractivity contribution in [3.8, 4) is 5.75 Å². The lowest BCUT2D eigenvalue weighted by atomic mass is 9.94. The van der Waals surface area contributed by atoms with Gasteiger partial charge in [-0.25, -0.2) is 9.37 Å². The predicted molar refractivity (Wildman–Crippen MR) is 136 cm³/mol. The molecule has 0 saturated carbocycles. The second kappa shape index (κ2) is 8.43. The third-order valence-corrected chi connectivity index (χ3v) is 7.61. The number of carbonyl (C=O) groups excluding carboxylic acids is 2. The van der Waals surface area contributed by atoms with Crippen LogP contribution in [0.2, 0.25) is 5.02 Å². The van der Waals surface area contributed by atoms with E-state index in [9.17, 15) is 19.1 Å². The van der Waals surface area contributed by atoms with Gasteiger partial charge in [0, 0.05) is 17.0 Å². The summed E-state index contributed by atoms with van der Waals surface area (Å²) in [5.41, 5.74) is 2.34. The van der Waals surface area contributed by atoms with Crippen molar-refractivity contribution >= 4 is 55.7 Å². The number of hydrogen-bond donors (Lipinski definition) is 1. The van der Waals surface area contributed by atoms with Gasteiger partial charge < -0.3 is 9.84 Å². The van der Waals surface area contributed by atoms with E-state index in [1.807, 2.05) is 6.92 Å². The smallest absolute Gasteiger partial charge is 0.301 e. The van der Waals surface area contributed by atoms with E-state index in [0.29, 0.717) is 32.8 Å². The third-order valence-electron chi connectivity index (χ3n) is 6.34. The van der Waals surface area contributed by atoms with Gasteiger partial charge >= 0.3 is 5.91 Å². The van der Waals surface area contributed by atoms with Gasteiger partial charge in [-0.15, -0.1) is 0 Å². The van der Waals surface area contributed by atoms with Crippen molar-refractivity contribution in [3.05, 3.63) is 93.8 Å². The lowest BCUT2D eigenvalue weighted by Crippen LogP contribution is -2.29. The van der Waals surface area contributed by atoms with E-state index < -0.39 is 23.5 Å². The van der Waals surface area contributed by atoms with Gasteiger partial charge in [-0.05, 0) is 66.6 Å². The number of aliphatic hydroxyl groups is 1. The van der Waals surface area contributed by atoms with Crippen molar-refractivity contribution < 1.29 is 23.8 Å². The van der Waals surface area contributed by atoms with Crippen LogP contribution in [-0.4, -0.2) is 27.9 Å². The number of Topliss-reactive ketones (excluding diaryl/α,β-unsaturated/α-hetero) is 1. The van der Waals surface area contributed by atoms with E-state index in [1.54, 1.807) is 42.5 Å². The number of aromatic nitrogens is 1. The summed E-state index contributed by atoms with van der Waals surface area (Å²) in [6, 6.07) is 15.1. The maximum atomic E-state index is 13.8. The maximum Gasteiger partial charge on any atom is 0.301 e. The van der Waals surface area contributed by atoms with Crippen LogP contribution in [-0.2, 0) is 16.0 Å². The Kier molecular flexibility index (Phi) is 5.31. The molecule has 0 aliphatic carbocycles. The van der Waals surface area contributed by atoms with E-state index in [0.717, 1.165) is 22.6 Å². The first-order chi connectivity index (χ1) is 17.3. The van der Waals surface area contributed by atoms with Crippen molar-refractivity contribution in [3.63, 3.8) is 0 Å². The molecular weight excluding hydrogens is 503 g/mol. The number of carbonyl (C=O) groups is 2. The molecule has 4 aromatic rings. The topological polar surface area (TPSA) is 79.7 Å². The average molecular weight is 521 g/mol. The first-order valence-electron chi connectivity index (χ1n) is 11.2. The molecule has 3 aromatic carbocycles. The number of halogens is 2. The van der Waals surface area contributed by atoms with E-state index in [2.05, 4.69) is 4.98 Å². The van der Waals surface area contributed by atoms with Gasteiger partial charge in [-0.3, -0.25) is 14.5 Å². The molecule has 6 nitrogen and oxygen atoms in total. The van der Waals surface area contributed by atoms with Crippen molar-refractivity contribution in [2.24, 2.45) is 0 Å². The minimum Gasteiger partial charge on any atom is -0.507 e. The van der Waals surface area contributed by atoms with E-state index in [1.165, 1.54) is 23.1 Å². The van der Waals surface area contributed by atoms with Crippen molar-refractivity contribution in [2.45, 2.75) is 25.5 Å². The highest BCUT2D eigenvalue weighted by atomic mass is 35.5. The first-order valence-corrected chi connectivity index (χ1v) is 12.4. The molecule has 3 heterocycles. The number of ether oxygens (including phenoxy) is 1. The second-order valence-corrected chi connectivity index (χ2v) is 10.2. The number of ketones is 1. The molecular formula is C27H18ClFN2O4S. The van der Waals surface area contributed by atoms with Crippen LogP contribution in [0.25, 0.3) is 16.0 Å². The Bertz CT molecular complexity index is 1600. The number of aliphatic hydroxyl groups excluding tert-OH is 1. The lowest BCUT2D eigenvalue weighted by Gasteiger charge is -2.23. The van der Waals surface area contributed by atoms with Gasteiger partial charge in [0.15, 0.2) is 5.13 Å². The molecule has 1 fully saturated rings. The van der Waals surface area contributed by atoms with Gasteiger partial charge in [-0.1, -0.05) is 35.1 Å². The largest absolute Gasteiger partial charge is 0.507 e. The third kappa shape index (κ3) is 3.65. The van der Waals surface area contributed by atoms with Crippen LogP contribution < -0.4 is 9.64 Å². The highest BCUT2D eigenvalue weighted by molar-refractivity contribution is 7.22. The summed E-state index contributed by atoms with van der Waals surface area (Å²) in [5.74, 6) is -1.64. The zero-order chi connectivity index (χ0) is 25.1. The molecule has 0 bridgehead atoms. The number of hydrogen-bond acceptors (Lipinski definition) is 6. The molecule has 0 unspecified atom stereocenters. The Balaban J connectivity index is 1.53. The minimum absolute atomic E-state index is 0.0147. The van der Waals surface area contributed by atoms with Gasteiger partial charge in [0.05, 0.1) is 21.8 Å². The number of rotatable bonds is 3. The number of benzene rings is 3. The summed E-state index contributed by atoms with van der Waals surface area (Å²) in [6.07, 6.45) is 0.689. The van der Waals surface area contributed by atoms with E-state index in [4.69, 9.17) is 16.3 Å². The Morgan fingerprint density at radius 3 is 2.69 bits per heavy atom. The van der Waals surface area contributed by atoms with Crippen LogP contribution in [0.3, 0.4) is 0 Å². The summed E-state index contributed by atoms with van der Waals surface area (Å²) in [7, 11) is 0. The van der Waals surface area contributed by atoms with Gasteiger partial charge in [0.25, 0.3) is 5.78 Å². The Labute approximate surface area is 214 Å². The SMILES string of the molecule is C[C@H]1Cc2cc(/C(O)=C3\C(=O)C(=O)N(c4nc5ccc(F)cc5s4)[C@H]3c3ccc(Cl)cc3)ccc2O1. The predicted octanol–water partition coefficient (Wildman–Crippen LogP) is 6.04. The molecule has 0 radical (unpaired) electrons. The summed E-state index contributed by atoms with van der Waals surface area (Å²) in [4.78, 5) is 32.5. The molecule has 1 amide bonds. The number of fused-ring (bicyclic) bond motifs is 2. The standard InChI is InChI=1S/C27H18ClFN2O4S/c1-13-10-16-11-15(4-9-20(16)35-13)24(32)22-23(14-2-5-17(28)6-3-14)31(26(34)25(22)33)27-30-19-8-7-18(29)12-21(19)36-27/h2-9,11-13,23,32H,10H2,1H3/b24-22+/t13-,23-/m0/s1. The number of thiazole rings is 1. The minimum atomic E-state index is -0.948. The summed E-state index contributed by atoms with van der Waals surface area (Å²) >= 11 is 7.19. The summed E-state index contributed by atoms with van der Waals surface area (Å²) in [6.45, 7) is 1.95. The van der Waals surface area contributed by atoms with Crippen molar-refractivity contribution in [1.82, 2.24) is 4.98 Å². The van der Waals surface area contributed by atoms with Crippen LogP contribution in [0.5, 0.6) is 5.75 Å². The Morgan fingerprint density at radius 1 is 1.14 bits per heavy atom. The normalized spacial score (nSPS) is 20.7. The molecule has 180 valence electrons. The maximum absolute atomic E-state index is 13.8. The van der Waals surface area contributed by atoms with E-state index in [-0.39, 0.29) is 22.6 Å². The molecule has 9 heteroatoms. The molecule has 1 N–H and O–H groups in total. The molecule has 6 rings (SSSR count). The molecule has 2 aliphatic rings. The van der Waals surface area contributed by atoms with Crippen LogP contribution in [0.4, 0.5) is 9.52 Å². The van der Waals surface area contributed by atoms with Crippen LogP contribution >= 0.6 is 22.9 Å². The fourth-order valence-corrected chi connectivity index (χ4v) is 5.85.